The van der Waals surface area contributed by atoms with E-state index in [1.165, 1.54) is 30.6 Å². The van der Waals surface area contributed by atoms with Crippen LogP contribution in [0.5, 0.6) is 0 Å². The average Bonchev–Trinajstić information content (AvgIpc) is 2.91. The molecule has 5 heteroatoms. The summed E-state index contributed by atoms with van der Waals surface area (Å²) in [6, 6.07) is 7.76. The Morgan fingerprint density at radius 3 is 2.38 bits per heavy atom. The predicted octanol–water partition coefficient (Wildman–Crippen LogP) is 2.92. The summed E-state index contributed by atoms with van der Waals surface area (Å²) >= 11 is 0. The lowest BCUT2D eigenvalue weighted by atomic mass is 10.0. The predicted molar refractivity (Wildman–Crippen MR) is 103 cm³/mol. The SMILES string of the molecule is CCCCCC1CNCCN1CCCCN1C(=O)c2ccccc2C1=O. The van der Waals surface area contributed by atoms with E-state index in [1.54, 1.807) is 12.1 Å². The number of rotatable bonds is 9. The molecule has 2 amide bonds. The average molecular weight is 357 g/mol. The van der Waals surface area contributed by atoms with Crippen LogP contribution in [0.3, 0.4) is 0 Å². The van der Waals surface area contributed by atoms with E-state index < -0.39 is 0 Å². The van der Waals surface area contributed by atoms with Crippen molar-refractivity contribution in [2.75, 3.05) is 32.7 Å². The highest BCUT2D eigenvalue weighted by Crippen LogP contribution is 2.22. The zero-order valence-corrected chi connectivity index (χ0v) is 15.9. The molecule has 1 fully saturated rings. The van der Waals surface area contributed by atoms with Gasteiger partial charge in [0.25, 0.3) is 11.8 Å². The normalized spacial score (nSPS) is 20.7. The van der Waals surface area contributed by atoms with Crippen molar-refractivity contribution >= 4 is 11.8 Å². The summed E-state index contributed by atoms with van der Waals surface area (Å²) in [5.41, 5.74) is 1.10. The second-order valence-electron chi connectivity index (χ2n) is 7.40. The summed E-state index contributed by atoms with van der Waals surface area (Å²) in [4.78, 5) is 28.8. The third-order valence-electron chi connectivity index (χ3n) is 5.57. The molecular weight excluding hydrogens is 326 g/mol. The molecule has 0 saturated carbocycles. The van der Waals surface area contributed by atoms with Crippen LogP contribution in [0.4, 0.5) is 0 Å². The Kier molecular flexibility index (Phi) is 6.80. The monoisotopic (exact) mass is 357 g/mol. The fraction of sp³-hybridized carbons (Fsp3) is 0.619. The van der Waals surface area contributed by atoms with Crippen LogP contribution in [0.25, 0.3) is 0 Å². The number of fused-ring (bicyclic) bond motifs is 1. The first-order valence-electron chi connectivity index (χ1n) is 10.1. The zero-order chi connectivity index (χ0) is 18.4. The van der Waals surface area contributed by atoms with Gasteiger partial charge in [0.15, 0.2) is 0 Å². The van der Waals surface area contributed by atoms with Crippen LogP contribution >= 0.6 is 0 Å². The van der Waals surface area contributed by atoms with E-state index in [2.05, 4.69) is 17.1 Å². The Labute approximate surface area is 156 Å². The summed E-state index contributed by atoms with van der Waals surface area (Å²) in [6.45, 7) is 7.07. The van der Waals surface area contributed by atoms with Crippen molar-refractivity contribution in [1.82, 2.24) is 15.1 Å². The lowest BCUT2D eigenvalue weighted by Gasteiger charge is -2.36. The van der Waals surface area contributed by atoms with Gasteiger partial charge >= 0.3 is 0 Å². The minimum atomic E-state index is -0.134. The number of imide groups is 1. The molecule has 1 saturated heterocycles. The fourth-order valence-electron chi connectivity index (χ4n) is 4.04. The first kappa shape index (κ1) is 19.1. The van der Waals surface area contributed by atoms with Crippen molar-refractivity contribution in [3.8, 4) is 0 Å². The first-order chi connectivity index (χ1) is 12.7. The lowest BCUT2D eigenvalue weighted by Crippen LogP contribution is -2.51. The maximum absolute atomic E-state index is 12.4. The van der Waals surface area contributed by atoms with Gasteiger partial charge in [-0.3, -0.25) is 19.4 Å². The number of carbonyl (C=O) groups is 2. The third kappa shape index (κ3) is 4.33. The molecular formula is C21H31N3O2. The van der Waals surface area contributed by atoms with Gasteiger partial charge in [0.1, 0.15) is 0 Å². The van der Waals surface area contributed by atoms with E-state index in [4.69, 9.17) is 0 Å². The Morgan fingerprint density at radius 1 is 1.00 bits per heavy atom. The second kappa shape index (κ2) is 9.28. The van der Waals surface area contributed by atoms with Crippen LogP contribution < -0.4 is 5.32 Å². The number of nitrogens with one attached hydrogen (secondary N) is 1. The fourth-order valence-corrected chi connectivity index (χ4v) is 4.04. The summed E-state index contributed by atoms with van der Waals surface area (Å²) < 4.78 is 0. The molecule has 1 aromatic rings. The van der Waals surface area contributed by atoms with Crippen LogP contribution in [0.1, 0.15) is 66.2 Å². The second-order valence-corrected chi connectivity index (χ2v) is 7.40. The molecule has 1 unspecified atom stereocenters. The number of piperazine rings is 1. The van der Waals surface area contributed by atoms with Gasteiger partial charge in [0, 0.05) is 32.2 Å². The van der Waals surface area contributed by atoms with E-state index in [1.807, 2.05) is 12.1 Å². The van der Waals surface area contributed by atoms with Crippen LogP contribution in [-0.2, 0) is 0 Å². The molecule has 0 aliphatic carbocycles. The number of amides is 2. The van der Waals surface area contributed by atoms with Crippen molar-refractivity contribution in [2.45, 2.75) is 51.5 Å². The minimum absolute atomic E-state index is 0.134. The smallest absolute Gasteiger partial charge is 0.261 e. The maximum atomic E-state index is 12.4. The highest BCUT2D eigenvalue weighted by molar-refractivity contribution is 6.21. The number of unbranched alkanes of at least 4 members (excludes halogenated alkanes) is 3. The molecule has 0 aromatic heterocycles. The van der Waals surface area contributed by atoms with E-state index in [0.717, 1.165) is 39.0 Å². The third-order valence-corrected chi connectivity index (χ3v) is 5.57. The molecule has 1 aromatic carbocycles. The van der Waals surface area contributed by atoms with Crippen LogP contribution in [-0.4, -0.2) is 60.4 Å². The van der Waals surface area contributed by atoms with Gasteiger partial charge in [-0.25, -0.2) is 0 Å². The van der Waals surface area contributed by atoms with E-state index in [-0.39, 0.29) is 11.8 Å². The number of nitrogens with zero attached hydrogens (tertiary/aromatic N) is 2. The molecule has 0 bridgehead atoms. The molecule has 1 N–H and O–H groups in total. The largest absolute Gasteiger partial charge is 0.314 e. The summed E-state index contributed by atoms with van der Waals surface area (Å²) in [5.74, 6) is -0.268. The van der Waals surface area contributed by atoms with E-state index in [0.29, 0.717) is 23.7 Å². The summed E-state index contributed by atoms with van der Waals surface area (Å²) in [6.07, 6.45) is 7.03. The molecule has 0 spiro atoms. The topological polar surface area (TPSA) is 52.6 Å². The Bertz CT molecular complexity index is 596. The summed E-state index contributed by atoms with van der Waals surface area (Å²) in [5, 5.41) is 3.51. The molecule has 2 heterocycles. The Hall–Kier alpha value is -1.72. The highest BCUT2D eigenvalue weighted by atomic mass is 16.2. The quantitative estimate of drug-likeness (QED) is 0.545. The summed E-state index contributed by atoms with van der Waals surface area (Å²) in [7, 11) is 0. The van der Waals surface area contributed by atoms with Gasteiger partial charge in [-0.05, 0) is 37.9 Å². The first-order valence-corrected chi connectivity index (χ1v) is 10.1. The number of hydrogen-bond donors (Lipinski definition) is 1. The standard InChI is InChI=1S/C21H31N3O2/c1-2-3-4-9-17-16-22-12-15-23(17)13-7-8-14-24-20(25)18-10-5-6-11-19(18)21(24)26/h5-6,10-11,17,22H,2-4,7-9,12-16H2,1H3. The number of carbonyl (C=O) groups excluding carboxylic acids is 2. The van der Waals surface area contributed by atoms with Gasteiger partial charge in [0.2, 0.25) is 0 Å². The van der Waals surface area contributed by atoms with E-state index in [9.17, 15) is 9.59 Å². The van der Waals surface area contributed by atoms with Crippen molar-refractivity contribution in [3.63, 3.8) is 0 Å². The molecule has 1 atom stereocenters. The van der Waals surface area contributed by atoms with Gasteiger partial charge in [-0.15, -0.1) is 0 Å². The molecule has 26 heavy (non-hydrogen) atoms. The molecule has 0 radical (unpaired) electrons. The van der Waals surface area contributed by atoms with Crippen molar-refractivity contribution in [2.24, 2.45) is 0 Å². The molecule has 2 aliphatic rings. The van der Waals surface area contributed by atoms with Crippen molar-refractivity contribution < 1.29 is 9.59 Å². The maximum Gasteiger partial charge on any atom is 0.261 e. The Balaban J connectivity index is 1.44. The molecule has 142 valence electrons. The van der Waals surface area contributed by atoms with Crippen LogP contribution in [0.2, 0.25) is 0 Å². The van der Waals surface area contributed by atoms with Crippen LogP contribution in [0.15, 0.2) is 24.3 Å². The van der Waals surface area contributed by atoms with Gasteiger partial charge in [0.05, 0.1) is 11.1 Å². The van der Waals surface area contributed by atoms with Gasteiger partial charge in [-0.1, -0.05) is 38.3 Å². The lowest BCUT2D eigenvalue weighted by molar-refractivity contribution is 0.0648. The number of benzene rings is 1. The zero-order valence-electron chi connectivity index (χ0n) is 15.9. The van der Waals surface area contributed by atoms with Crippen LogP contribution in [0, 0.1) is 0 Å². The Morgan fingerprint density at radius 2 is 1.69 bits per heavy atom. The molecule has 2 aliphatic heterocycles. The minimum Gasteiger partial charge on any atom is -0.314 e. The van der Waals surface area contributed by atoms with Crippen molar-refractivity contribution in [1.29, 1.82) is 0 Å². The van der Waals surface area contributed by atoms with Gasteiger partial charge in [-0.2, -0.15) is 0 Å². The number of hydrogen-bond acceptors (Lipinski definition) is 4. The highest BCUT2D eigenvalue weighted by Gasteiger charge is 2.34. The van der Waals surface area contributed by atoms with E-state index >= 15 is 0 Å². The van der Waals surface area contributed by atoms with Gasteiger partial charge < -0.3 is 5.32 Å². The molecule has 5 nitrogen and oxygen atoms in total. The molecule has 3 rings (SSSR count). The van der Waals surface area contributed by atoms with Crippen molar-refractivity contribution in [3.05, 3.63) is 35.4 Å².